The Balaban J connectivity index is 1.30. The quantitative estimate of drug-likeness (QED) is 0.159. The predicted octanol–water partition coefficient (Wildman–Crippen LogP) is 5.92. The van der Waals surface area contributed by atoms with E-state index in [1.165, 1.54) is 24.3 Å². The SMILES string of the molecule is O=C(O)c1ccc(NCCN(CCc2ccccn2)Cc2ccccn2)cc1-c1c2ccc(=O)cc-2oc2cc(O)ccc12. The minimum atomic E-state index is -1.08. The molecule has 6 rings (SSSR count). The van der Waals surface area contributed by atoms with Gasteiger partial charge in [0, 0.05) is 85.0 Å². The zero-order chi connectivity index (χ0) is 30.5. The molecule has 3 heterocycles. The number of hydrogen-bond acceptors (Lipinski definition) is 8. The Morgan fingerprint density at radius 2 is 1.64 bits per heavy atom. The lowest BCUT2D eigenvalue weighted by Crippen LogP contribution is -2.31. The van der Waals surface area contributed by atoms with Gasteiger partial charge in [-0.25, -0.2) is 4.79 Å². The molecule has 0 amide bonds. The fourth-order valence-electron chi connectivity index (χ4n) is 5.36. The number of aromatic nitrogens is 2. The second-order valence-electron chi connectivity index (χ2n) is 10.5. The van der Waals surface area contributed by atoms with Gasteiger partial charge in [0.15, 0.2) is 5.43 Å². The summed E-state index contributed by atoms with van der Waals surface area (Å²) in [7, 11) is 0. The molecule has 2 aliphatic rings. The number of aromatic carboxylic acids is 1. The Hall–Kier alpha value is -5.54. The molecular weight excluding hydrogens is 556 g/mol. The third kappa shape index (κ3) is 6.43. The van der Waals surface area contributed by atoms with Crippen LogP contribution in [0.25, 0.3) is 33.4 Å². The fraction of sp³-hybridized carbons (Fsp3) is 0.143. The minimum Gasteiger partial charge on any atom is -0.508 e. The summed E-state index contributed by atoms with van der Waals surface area (Å²) in [5.41, 5.74) is 4.62. The molecule has 9 nitrogen and oxygen atoms in total. The molecule has 0 saturated carbocycles. The van der Waals surface area contributed by atoms with E-state index in [9.17, 15) is 19.8 Å². The first-order valence-electron chi connectivity index (χ1n) is 14.3. The number of anilines is 1. The average Bonchev–Trinajstić information content (AvgIpc) is 3.03. The number of carbonyl (C=O) groups is 1. The van der Waals surface area contributed by atoms with Gasteiger partial charge in [0.05, 0.1) is 11.3 Å². The van der Waals surface area contributed by atoms with Gasteiger partial charge in [-0.2, -0.15) is 0 Å². The van der Waals surface area contributed by atoms with E-state index in [1.807, 2.05) is 42.5 Å². The van der Waals surface area contributed by atoms with Crippen LogP contribution in [0.3, 0.4) is 0 Å². The van der Waals surface area contributed by atoms with E-state index >= 15 is 0 Å². The van der Waals surface area contributed by atoms with Crippen LogP contribution in [0, 0.1) is 0 Å². The average molecular weight is 587 g/mol. The number of phenolic OH excluding ortho intramolecular Hbond substituents is 1. The van der Waals surface area contributed by atoms with Crippen molar-refractivity contribution in [1.82, 2.24) is 14.9 Å². The fourth-order valence-corrected chi connectivity index (χ4v) is 5.36. The summed E-state index contributed by atoms with van der Waals surface area (Å²) in [6.45, 7) is 2.78. The van der Waals surface area contributed by atoms with Gasteiger partial charge in [-0.3, -0.25) is 19.7 Å². The highest BCUT2D eigenvalue weighted by Gasteiger charge is 2.22. The summed E-state index contributed by atoms with van der Waals surface area (Å²) in [6.07, 6.45) is 4.39. The first-order chi connectivity index (χ1) is 21.4. The van der Waals surface area contributed by atoms with Crippen molar-refractivity contribution >= 4 is 22.6 Å². The lowest BCUT2D eigenvalue weighted by molar-refractivity contribution is 0.0697. The Labute approximate surface area is 253 Å². The predicted molar refractivity (Wildman–Crippen MR) is 169 cm³/mol. The number of nitrogens with one attached hydrogen (secondary N) is 1. The number of carboxylic acid groups (broad SMARTS) is 1. The van der Waals surface area contributed by atoms with Crippen LogP contribution < -0.4 is 10.7 Å². The van der Waals surface area contributed by atoms with Crippen LogP contribution in [-0.2, 0) is 13.0 Å². The molecule has 2 aromatic carbocycles. The van der Waals surface area contributed by atoms with E-state index in [4.69, 9.17) is 4.42 Å². The molecule has 9 heteroatoms. The van der Waals surface area contributed by atoms with E-state index < -0.39 is 5.97 Å². The van der Waals surface area contributed by atoms with Crippen LogP contribution in [0.5, 0.6) is 5.75 Å². The second kappa shape index (κ2) is 12.8. The molecule has 0 bridgehead atoms. The number of phenols is 1. The van der Waals surface area contributed by atoms with Crippen molar-refractivity contribution in [2.24, 2.45) is 0 Å². The minimum absolute atomic E-state index is 0.00277. The van der Waals surface area contributed by atoms with Crippen molar-refractivity contribution in [1.29, 1.82) is 0 Å². The molecule has 3 N–H and O–H groups in total. The summed E-state index contributed by atoms with van der Waals surface area (Å²) < 4.78 is 5.96. The first-order valence-corrected chi connectivity index (χ1v) is 14.3. The number of hydrogen-bond donors (Lipinski definition) is 3. The van der Waals surface area contributed by atoms with Gasteiger partial charge in [0.1, 0.15) is 17.1 Å². The number of benzene rings is 3. The summed E-state index contributed by atoms with van der Waals surface area (Å²) in [5.74, 6) is -0.778. The molecule has 0 unspecified atom stereocenters. The highest BCUT2D eigenvalue weighted by molar-refractivity contribution is 6.08. The van der Waals surface area contributed by atoms with Gasteiger partial charge in [-0.1, -0.05) is 12.1 Å². The number of aromatic hydroxyl groups is 1. The van der Waals surface area contributed by atoms with Crippen LogP contribution >= 0.6 is 0 Å². The second-order valence-corrected chi connectivity index (χ2v) is 10.5. The van der Waals surface area contributed by atoms with E-state index in [-0.39, 0.29) is 16.7 Å². The monoisotopic (exact) mass is 586 g/mol. The van der Waals surface area contributed by atoms with Crippen LogP contribution in [0.15, 0.2) is 113 Å². The molecule has 0 radical (unpaired) electrons. The number of carboxylic acids is 1. The maximum absolute atomic E-state index is 12.4. The lowest BCUT2D eigenvalue weighted by Gasteiger charge is -2.23. The summed E-state index contributed by atoms with van der Waals surface area (Å²) in [6, 6.07) is 26.1. The number of nitrogens with zero attached hydrogens (tertiary/aromatic N) is 3. The van der Waals surface area contributed by atoms with Crippen molar-refractivity contribution in [2.45, 2.75) is 13.0 Å². The number of fused-ring (bicyclic) bond motifs is 2. The molecule has 44 heavy (non-hydrogen) atoms. The smallest absolute Gasteiger partial charge is 0.336 e. The van der Waals surface area contributed by atoms with Crippen LogP contribution in [0.4, 0.5) is 5.69 Å². The normalized spacial score (nSPS) is 11.3. The summed E-state index contributed by atoms with van der Waals surface area (Å²) in [5, 5.41) is 24.3. The molecule has 0 fully saturated rings. The molecule has 0 atom stereocenters. The van der Waals surface area contributed by atoms with Crippen LogP contribution in [-0.4, -0.2) is 50.7 Å². The molecular formula is C35H30N4O5. The molecule has 0 saturated heterocycles. The van der Waals surface area contributed by atoms with Gasteiger partial charge in [0.25, 0.3) is 0 Å². The molecule has 2 aromatic heterocycles. The standard InChI is InChI=1S/C35H30N4O5/c40-26-8-11-29-32(20-26)44-33-21-27(41)9-12-30(33)34(29)31-19-24(7-10-28(31)35(42)43)38-16-18-39(22-25-6-2-4-15-37-25)17-13-23-5-1-3-14-36-23/h1-12,14-15,19-21,38,40H,13,16-18,22H2,(H,42,43). The van der Waals surface area contributed by atoms with Gasteiger partial charge < -0.3 is 19.9 Å². The Morgan fingerprint density at radius 1 is 0.841 bits per heavy atom. The summed E-state index contributed by atoms with van der Waals surface area (Å²) in [4.78, 5) is 35.8. The highest BCUT2D eigenvalue weighted by atomic mass is 16.4. The Morgan fingerprint density at radius 3 is 2.39 bits per heavy atom. The van der Waals surface area contributed by atoms with Gasteiger partial charge in [0.2, 0.25) is 0 Å². The van der Waals surface area contributed by atoms with E-state index in [2.05, 4.69) is 20.2 Å². The topological polar surface area (TPSA) is 129 Å². The molecule has 220 valence electrons. The molecule has 4 aromatic rings. The zero-order valence-corrected chi connectivity index (χ0v) is 23.8. The Bertz CT molecular complexity index is 1940. The Kier molecular flexibility index (Phi) is 8.29. The third-order valence-corrected chi connectivity index (χ3v) is 7.48. The summed E-state index contributed by atoms with van der Waals surface area (Å²) >= 11 is 0. The van der Waals surface area contributed by atoms with Gasteiger partial charge in [-0.05, 0) is 72.3 Å². The maximum Gasteiger partial charge on any atom is 0.336 e. The van der Waals surface area contributed by atoms with E-state index in [1.54, 1.807) is 36.7 Å². The van der Waals surface area contributed by atoms with Crippen molar-refractivity contribution < 1.29 is 19.4 Å². The van der Waals surface area contributed by atoms with Crippen LogP contribution in [0.2, 0.25) is 0 Å². The van der Waals surface area contributed by atoms with E-state index in [0.29, 0.717) is 53.1 Å². The third-order valence-electron chi connectivity index (χ3n) is 7.48. The largest absolute Gasteiger partial charge is 0.508 e. The molecule has 1 aliphatic heterocycles. The van der Waals surface area contributed by atoms with Crippen molar-refractivity contribution in [3.8, 4) is 28.2 Å². The lowest BCUT2D eigenvalue weighted by atomic mass is 9.90. The van der Waals surface area contributed by atoms with Gasteiger partial charge >= 0.3 is 5.97 Å². The van der Waals surface area contributed by atoms with Crippen molar-refractivity contribution in [3.05, 3.63) is 131 Å². The van der Waals surface area contributed by atoms with Crippen molar-refractivity contribution in [3.63, 3.8) is 0 Å². The van der Waals surface area contributed by atoms with Gasteiger partial charge in [-0.15, -0.1) is 0 Å². The zero-order valence-electron chi connectivity index (χ0n) is 23.8. The van der Waals surface area contributed by atoms with Crippen LogP contribution in [0.1, 0.15) is 21.7 Å². The maximum atomic E-state index is 12.4. The number of pyridine rings is 2. The van der Waals surface area contributed by atoms with E-state index in [0.717, 1.165) is 30.0 Å². The molecule has 1 aliphatic carbocycles. The highest BCUT2D eigenvalue weighted by Crippen LogP contribution is 2.42. The van der Waals surface area contributed by atoms with Crippen molar-refractivity contribution in [2.75, 3.05) is 25.0 Å². The molecule has 0 spiro atoms. The number of rotatable bonds is 11. The first kappa shape index (κ1) is 28.6.